The lowest BCUT2D eigenvalue weighted by atomic mass is 10.2. The van der Waals surface area contributed by atoms with E-state index in [1.54, 1.807) is 12.1 Å². The molecule has 2 rings (SSSR count). The van der Waals surface area contributed by atoms with Crippen molar-refractivity contribution in [3.05, 3.63) is 34.6 Å². The lowest BCUT2D eigenvalue weighted by molar-refractivity contribution is 0.527. The Bertz CT molecular complexity index is 317. The number of rotatable bonds is 3. The van der Waals surface area contributed by atoms with Crippen molar-refractivity contribution in [2.75, 3.05) is 13.1 Å². The first-order chi connectivity index (χ1) is 7.27. The smallest absolute Gasteiger partial charge is 0.129 e. The molecule has 1 aliphatic rings. The quantitative estimate of drug-likeness (QED) is 0.826. The van der Waals surface area contributed by atoms with Gasteiger partial charge in [-0.25, -0.2) is 4.39 Å². The largest absolute Gasteiger partial charge is 0.315 e. The maximum absolute atomic E-state index is 13.4. The first kappa shape index (κ1) is 10.9. The maximum Gasteiger partial charge on any atom is 0.129 e. The molecule has 0 spiro atoms. The van der Waals surface area contributed by atoms with Gasteiger partial charge in [-0.3, -0.25) is 0 Å². The number of nitrogens with one attached hydrogen (secondary N) is 2. The van der Waals surface area contributed by atoms with Crippen molar-refractivity contribution in [1.82, 2.24) is 10.6 Å². The first-order valence-corrected chi connectivity index (χ1v) is 5.52. The van der Waals surface area contributed by atoms with Gasteiger partial charge in [-0.1, -0.05) is 17.7 Å². The lowest BCUT2D eigenvalue weighted by Crippen LogP contribution is -2.30. The molecule has 1 heterocycles. The van der Waals surface area contributed by atoms with Crippen LogP contribution in [0.3, 0.4) is 0 Å². The fraction of sp³-hybridized carbons (Fsp3) is 0.455. The summed E-state index contributed by atoms with van der Waals surface area (Å²) in [7, 11) is 0. The van der Waals surface area contributed by atoms with Crippen LogP contribution in [0.4, 0.5) is 4.39 Å². The fourth-order valence-corrected chi connectivity index (χ4v) is 2.01. The van der Waals surface area contributed by atoms with Crippen LogP contribution in [0.2, 0.25) is 5.02 Å². The van der Waals surface area contributed by atoms with E-state index in [0.717, 1.165) is 19.5 Å². The van der Waals surface area contributed by atoms with E-state index in [9.17, 15) is 4.39 Å². The molecule has 4 heteroatoms. The third-order valence-electron chi connectivity index (χ3n) is 2.69. The maximum atomic E-state index is 13.4. The van der Waals surface area contributed by atoms with E-state index in [2.05, 4.69) is 10.6 Å². The van der Waals surface area contributed by atoms with Crippen LogP contribution in [-0.4, -0.2) is 19.1 Å². The molecule has 1 aliphatic heterocycles. The highest BCUT2D eigenvalue weighted by atomic mass is 35.5. The minimum atomic E-state index is -0.235. The summed E-state index contributed by atoms with van der Waals surface area (Å²) in [5.41, 5.74) is 0.561. The molecule has 1 aromatic carbocycles. The number of hydrogen-bond acceptors (Lipinski definition) is 2. The van der Waals surface area contributed by atoms with Crippen LogP contribution in [0.5, 0.6) is 0 Å². The Morgan fingerprint density at radius 1 is 1.53 bits per heavy atom. The molecule has 1 aromatic rings. The summed E-state index contributed by atoms with van der Waals surface area (Å²) in [5.74, 6) is -0.235. The Morgan fingerprint density at radius 3 is 3.07 bits per heavy atom. The number of halogens is 2. The second kappa shape index (κ2) is 4.92. The third kappa shape index (κ3) is 2.68. The molecule has 0 unspecified atom stereocenters. The van der Waals surface area contributed by atoms with Gasteiger partial charge >= 0.3 is 0 Å². The second-order valence-corrected chi connectivity index (χ2v) is 4.18. The fourth-order valence-electron chi connectivity index (χ4n) is 1.78. The predicted octanol–water partition coefficient (Wildman–Crippen LogP) is 1.93. The van der Waals surface area contributed by atoms with Crippen molar-refractivity contribution in [3.8, 4) is 0 Å². The highest BCUT2D eigenvalue weighted by molar-refractivity contribution is 6.31. The number of benzene rings is 1. The molecule has 82 valence electrons. The van der Waals surface area contributed by atoms with Crippen molar-refractivity contribution in [1.29, 1.82) is 0 Å². The molecule has 0 bridgehead atoms. The topological polar surface area (TPSA) is 24.1 Å². The summed E-state index contributed by atoms with van der Waals surface area (Å²) in [4.78, 5) is 0. The molecule has 0 radical (unpaired) electrons. The average molecular weight is 229 g/mol. The normalized spacial score (nSPS) is 20.8. The highest BCUT2D eigenvalue weighted by Gasteiger charge is 2.15. The van der Waals surface area contributed by atoms with Gasteiger partial charge in [-0.15, -0.1) is 0 Å². The minimum absolute atomic E-state index is 0.235. The zero-order valence-electron chi connectivity index (χ0n) is 8.39. The summed E-state index contributed by atoms with van der Waals surface area (Å²) < 4.78 is 13.4. The first-order valence-electron chi connectivity index (χ1n) is 5.14. The van der Waals surface area contributed by atoms with Gasteiger partial charge in [0.1, 0.15) is 5.82 Å². The van der Waals surface area contributed by atoms with Crippen LogP contribution in [0.15, 0.2) is 18.2 Å². The van der Waals surface area contributed by atoms with Crippen molar-refractivity contribution in [3.63, 3.8) is 0 Å². The van der Waals surface area contributed by atoms with Crippen molar-refractivity contribution in [2.24, 2.45) is 0 Å². The Hall–Kier alpha value is -0.640. The third-order valence-corrected chi connectivity index (χ3v) is 3.04. The molecule has 2 N–H and O–H groups in total. The highest BCUT2D eigenvalue weighted by Crippen LogP contribution is 2.18. The molecule has 1 fully saturated rings. The van der Waals surface area contributed by atoms with Crippen molar-refractivity contribution < 1.29 is 4.39 Å². The summed E-state index contributed by atoms with van der Waals surface area (Å²) in [6.45, 7) is 2.48. The van der Waals surface area contributed by atoms with Crippen LogP contribution >= 0.6 is 11.6 Å². The zero-order valence-corrected chi connectivity index (χ0v) is 9.15. The minimum Gasteiger partial charge on any atom is -0.315 e. The number of hydrogen-bond donors (Lipinski definition) is 2. The molecule has 15 heavy (non-hydrogen) atoms. The molecule has 2 nitrogen and oxygen atoms in total. The molecule has 0 aliphatic carbocycles. The van der Waals surface area contributed by atoms with Gasteiger partial charge in [0.15, 0.2) is 0 Å². The summed E-state index contributed by atoms with van der Waals surface area (Å²) in [6.07, 6.45) is 1.09. The zero-order chi connectivity index (χ0) is 10.7. The van der Waals surface area contributed by atoms with E-state index in [-0.39, 0.29) is 5.82 Å². The van der Waals surface area contributed by atoms with E-state index in [1.807, 2.05) is 0 Å². The molecule has 0 aromatic heterocycles. The molecular formula is C11H14ClFN2. The summed E-state index contributed by atoms with van der Waals surface area (Å²) >= 11 is 5.92. The van der Waals surface area contributed by atoms with Crippen LogP contribution in [0, 0.1) is 5.82 Å². The summed E-state index contributed by atoms with van der Waals surface area (Å²) in [5, 5.41) is 7.04. The SMILES string of the molecule is Fc1cccc(Cl)c1CN[C@@H]1CCNC1. The molecule has 0 amide bonds. The van der Waals surface area contributed by atoms with E-state index >= 15 is 0 Å². The Balaban J connectivity index is 1.97. The monoisotopic (exact) mass is 228 g/mol. The van der Waals surface area contributed by atoms with Gasteiger partial charge < -0.3 is 10.6 Å². The Morgan fingerprint density at radius 2 is 2.40 bits per heavy atom. The molecular weight excluding hydrogens is 215 g/mol. The van der Waals surface area contributed by atoms with Crippen LogP contribution in [-0.2, 0) is 6.54 Å². The predicted molar refractivity (Wildman–Crippen MR) is 59.5 cm³/mol. The van der Waals surface area contributed by atoms with Crippen LogP contribution in [0.1, 0.15) is 12.0 Å². The Kier molecular flexibility index (Phi) is 3.57. The van der Waals surface area contributed by atoms with Gasteiger partial charge in [0, 0.05) is 29.7 Å². The van der Waals surface area contributed by atoms with Gasteiger partial charge in [0.25, 0.3) is 0 Å². The van der Waals surface area contributed by atoms with Gasteiger partial charge in [-0.2, -0.15) is 0 Å². The molecule has 1 saturated heterocycles. The standard InChI is InChI=1S/C11H14ClFN2/c12-10-2-1-3-11(13)9(10)7-15-8-4-5-14-6-8/h1-3,8,14-15H,4-7H2/t8-/m1/s1. The summed E-state index contributed by atoms with van der Waals surface area (Å²) in [6, 6.07) is 5.21. The van der Waals surface area contributed by atoms with Crippen LogP contribution < -0.4 is 10.6 Å². The van der Waals surface area contributed by atoms with E-state index < -0.39 is 0 Å². The van der Waals surface area contributed by atoms with Gasteiger partial charge in [0.2, 0.25) is 0 Å². The average Bonchev–Trinajstić information content (AvgIpc) is 2.70. The lowest BCUT2D eigenvalue weighted by Gasteiger charge is -2.12. The van der Waals surface area contributed by atoms with E-state index in [4.69, 9.17) is 11.6 Å². The van der Waals surface area contributed by atoms with Gasteiger partial charge in [0.05, 0.1) is 0 Å². The Labute approximate surface area is 93.8 Å². The van der Waals surface area contributed by atoms with Crippen LogP contribution in [0.25, 0.3) is 0 Å². The second-order valence-electron chi connectivity index (χ2n) is 3.77. The van der Waals surface area contributed by atoms with E-state index in [0.29, 0.717) is 23.2 Å². The van der Waals surface area contributed by atoms with Crippen molar-refractivity contribution >= 4 is 11.6 Å². The van der Waals surface area contributed by atoms with Gasteiger partial charge in [-0.05, 0) is 25.1 Å². The molecule has 1 atom stereocenters. The van der Waals surface area contributed by atoms with Crippen molar-refractivity contribution in [2.45, 2.75) is 19.0 Å². The molecule has 0 saturated carbocycles. The van der Waals surface area contributed by atoms with E-state index in [1.165, 1.54) is 6.07 Å².